The van der Waals surface area contributed by atoms with Gasteiger partial charge in [0.15, 0.2) is 0 Å². The first-order valence-electron chi connectivity index (χ1n) is 13.5. The smallest absolute Gasteiger partial charge is 0.337 e. The molecule has 0 radical (unpaired) electrons. The second kappa shape index (κ2) is 12.9. The number of hydrogen-bond acceptors (Lipinski definition) is 8. The fraction of sp³-hybridized carbons (Fsp3) is 0.156. The lowest BCUT2D eigenvalue weighted by molar-refractivity contribution is -0.384. The van der Waals surface area contributed by atoms with Gasteiger partial charge in [-0.2, -0.15) is 0 Å². The van der Waals surface area contributed by atoms with E-state index in [1.54, 1.807) is 65.6 Å². The van der Waals surface area contributed by atoms with E-state index in [9.17, 15) is 24.5 Å². The Hall–Kier alpha value is -5.71. The van der Waals surface area contributed by atoms with E-state index in [1.165, 1.54) is 25.3 Å². The van der Waals surface area contributed by atoms with Crippen LogP contribution in [0.15, 0.2) is 95.4 Å². The minimum Gasteiger partial charge on any atom is -0.465 e. The number of furan rings is 1. The van der Waals surface area contributed by atoms with Crippen LogP contribution in [0.3, 0.4) is 0 Å². The Bertz CT molecular complexity index is 1690. The maximum absolute atomic E-state index is 13.0. The Balaban J connectivity index is 1.30. The van der Waals surface area contributed by atoms with Gasteiger partial charge in [0.05, 0.1) is 34.5 Å². The van der Waals surface area contributed by atoms with Gasteiger partial charge in [0.1, 0.15) is 11.5 Å². The number of hydrogen-bond donors (Lipinski definition) is 1. The molecule has 0 aliphatic carbocycles. The molecule has 0 bridgehead atoms. The van der Waals surface area contributed by atoms with Crippen molar-refractivity contribution >= 4 is 40.9 Å². The predicted molar refractivity (Wildman–Crippen MR) is 161 cm³/mol. The number of ether oxygens (including phenoxy) is 1. The molecule has 218 valence electrons. The van der Waals surface area contributed by atoms with Gasteiger partial charge in [-0.3, -0.25) is 19.7 Å². The first-order valence-corrected chi connectivity index (χ1v) is 13.5. The third-order valence-corrected chi connectivity index (χ3v) is 7.00. The van der Waals surface area contributed by atoms with Gasteiger partial charge < -0.3 is 24.3 Å². The van der Waals surface area contributed by atoms with Crippen LogP contribution < -0.4 is 10.2 Å². The highest BCUT2D eigenvalue weighted by atomic mass is 16.6. The number of piperazine rings is 1. The third-order valence-electron chi connectivity index (χ3n) is 7.00. The van der Waals surface area contributed by atoms with Gasteiger partial charge in [-0.15, -0.1) is 0 Å². The van der Waals surface area contributed by atoms with Crippen molar-refractivity contribution in [3.63, 3.8) is 0 Å². The molecule has 0 atom stereocenters. The number of carbonyl (C=O) groups excluding carboxylic acids is 3. The van der Waals surface area contributed by atoms with Crippen molar-refractivity contribution in [2.75, 3.05) is 43.5 Å². The van der Waals surface area contributed by atoms with Gasteiger partial charge in [-0.1, -0.05) is 30.3 Å². The number of nitrogens with zero attached hydrogens (tertiary/aromatic N) is 3. The van der Waals surface area contributed by atoms with Crippen molar-refractivity contribution in [3.05, 3.63) is 118 Å². The van der Waals surface area contributed by atoms with Crippen molar-refractivity contribution in [1.29, 1.82) is 0 Å². The van der Waals surface area contributed by atoms with Crippen LogP contribution in [-0.4, -0.2) is 60.9 Å². The molecule has 3 aromatic carbocycles. The zero-order valence-electron chi connectivity index (χ0n) is 23.3. The topological polar surface area (TPSA) is 135 Å². The second-order valence-electron chi connectivity index (χ2n) is 9.67. The first-order chi connectivity index (χ1) is 20.8. The number of nitro groups is 1. The number of nitro benzene ring substituents is 1. The molecule has 1 aromatic heterocycles. The SMILES string of the molecule is COC(=O)c1ccc(N2CCN(C(=O)c3ccccc3)CC2)c(NC(=O)/C=C/c2ccc(-c3ccccc3[N+](=O)[O-])o2)c1. The number of para-hydroxylation sites is 1. The van der Waals surface area contributed by atoms with Gasteiger partial charge in [0, 0.05) is 43.9 Å². The van der Waals surface area contributed by atoms with Crippen LogP contribution in [0.25, 0.3) is 17.4 Å². The predicted octanol–water partition coefficient (Wildman–Crippen LogP) is 5.26. The summed E-state index contributed by atoms with van der Waals surface area (Å²) in [7, 11) is 1.28. The molecule has 11 heteroatoms. The highest BCUT2D eigenvalue weighted by Gasteiger charge is 2.24. The van der Waals surface area contributed by atoms with E-state index in [1.807, 2.05) is 23.1 Å². The Labute approximate surface area is 247 Å². The average molecular weight is 581 g/mol. The van der Waals surface area contributed by atoms with Crippen molar-refractivity contribution in [2.24, 2.45) is 0 Å². The normalized spacial score (nSPS) is 13.1. The van der Waals surface area contributed by atoms with Gasteiger partial charge in [0.2, 0.25) is 5.91 Å². The van der Waals surface area contributed by atoms with Crippen LogP contribution in [0.5, 0.6) is 0 Å². The molecular weight excluding hydrogens is 552 g/mol. The fourth-order valence-corrected chi connectivity index (χ4v) is 4.83. The van der Waals surface area contributed by atoms with Crippen LogP contribution in [0.2, 0.25) is 0 Å². The summed E-state index contributed by atoms with van der Waals surface area (Å²) in [5, 5.41) is 14.2. The molecule has 11 nitrogen and oxygen atoms in total. The molecular formula is C32H28N4O7. The largest absolute Gasteiger partial charge is 0.465 e. The number of methoxy groups -OCH3 is 1. The van der Waals surface area contributed by atoms with Crippen LogP contribution in [0.1, 0.15) is 26.5 Å². The van der Waals surface area contributed by atoms with E-state index in [4.69, 9.17) is 9.15 Å². The Morgan fingerprint density at radius 3 is 2.35 bits per heavy atom. The van der Waals surface area contributed by atoms with Crippen molar-refractivity contribution in [3.8, 4) is 11.3 Å². The fourth-order valence-electron chi connectivity index (χ4n) is 4.83. The molecule has 4 aromatic rings. The Morgan fingerprint density at radius 2 is 1.63 bits per heavy atom. The zero-order chi connectivity index (χ0) is 30.3. The molecule has 43 heavy (non-hydrogen) atoms. The second-order valence-corrected chi connectivity index (χ2v) is 9.67. The Kier molecular flexibility index (Phi) is 8.61. The molecule has 0 unspecified atom stereocenters. The van der Waals surface area contributed by atoms with Gasteiger partial charge in [-0.05, 0) is 54.6 Å². The first kappa shape index (κ1) is 28.8. The van der Waals surface area contributed by atoms with Crippen LogP contribution >= 0.6 is 0 Å². The van der Waals surface area contributed by atoms with Crippen LogP contribution in [0, 0.1) is 10.1 Å². The number of rotatable bonds is 8. The third kappa shape index (κ3) is 6.62. The summed E-state index contributed by atoms with van der Waals surface area (Å²) in [6.07, 6.45) is 2.72. The molecule has 2 heterocycles. The van der Waals surface area contributed by atoms with Crippen molar-refractivity contribution < 1.29 is 28.5 Å². The lowest BCUT2D eigenvalue weighted by Crippen LogP contribution is -2.49. The molecule has 1 fully saturated rings. The Morgan fingerprint density at radius 1 is 0.907 bits per heavy atom. The van der Waals surface area contributed by atoms with Gasteiger partial charge in [0.25, 0.3) is 11.6 Å². The summed E-state index contributed by atoms with van der Waals surface area (Å²) in [5.74, 6) is -0.446. The monoisotopic (exact) mass is 580 g/mol. The number of esters is 1. The molecule has 5 rings (SSSR count). The van der Waals surface area contributed by atoms with E-state index in [-0.39, 0.29) is 17.2 Å². The summed E-state index contributed by atoms with van der Waals surface area (Å²) in [4.78, 5) is 52.8. The van der Waals surface area contributed by atoms with E-state index in [0.717, 1.165) is 0 Å². The maximum Gasteiger partial charge on any atom is 0.337 e. The van der Waals surface area contributed by atoms with E-state index in [0.29, 0.717) is 60.2 Å². The van der Waals surface area contributed by atoms with E-state index < -0.39 is 16.8 Å². The van der Waals surface area contributed by atoms with Crippen LogP contribution in [-0.2, 0) is 9.53 Å². The summed E-state index contributed by atoms with van der Waals surface area (Å²) < 4.78 is 10.6. The zero-order valence-corrected chi connectivity index (χ0v) is 23.3. The highest BCUT2D eigenvalue weighted by Crippen LogP contribution is 2.32. The number of carbonyl (C=O) groups is 3. The summed E-state index contributed by atoms with van der Waals surface area (Å²) in [6, 6.07) is 23.4. The van der Waals surface area contributed by atoms with Crippen molar-refractivity contribution in [2.45, 2.75) is 0 Å². The molecule has 1 N–H and O–H groups in total. The van der Waals surface area contributed by atoms with Gasteiger partial charge >= 0.3 is 5.97 Å². The number of benzene rings is 3. The van der Waals surface area contributed by atoms with Gasteiger partial charge in [-0.25, -0.2) is 4.79 Å². The molecule has 0 saturated carbocycles. The summed E-state index contributed by atoms with van der Waals surface area (Å²) in [5.41, 5.74) is 2.23. The molecule has 2 amide bonds. The number of amides is 2. The number of nitrogens with one attached hydrogen (secondary N) is 1. The van der Waals surface area contributed by atoms with Crippen molar-refractivity contribution in [1.82, 2.24) is 4.90 Å². The maximum atomic E-state index is 13.0. The van der Waals surface area contributed by atoms with E-state index in [2.05, 4.69) is 5.32 Å². The standard InChI is InChI=1S/C32H28N4O7/c1-42-32(39)23-11-14-28(34-17-19-35(20-18-34)31(38)22-7-3-2-4-8-22)26(21-23)33-30(37)16-13-24-12-15-29(43-24)25-9-5-6-10-27(25)36(40)41/h2-16,21H,17-20H2,1H3,(H,33,37)/b16-13+. The molecule has 1 saturated heterocycles. The lowest BCUT2D eigenvalue weighted by atomic mass is 10.1. The summed E-state index contributed by atoms with van der Waals surface area (Å²) >= 11 is 0. The highest BCUT2D eigenvalue weighted by molar-refractivity contribution is 6.05. The average Bonchev–Trinajstić information content (AvgIpc) is 3.52. The molecule has 1 aliphatic rings. The lowest BCUT2D eigenvalue weighted by Gasteiger charge is -2.37. The molecule has 1 aliphatic heterocycles. The minimum atomic E-state index is -0.547. The molecule has 0 spiro atoms. The minimum absolute atomic E-state index is 0.0390. The quantitative estimate of drug-likeness (QED) is 0.129. The van der Waals surface area contributed by atoms with Crippen LogP contribution in [0.4, 0.5) is 17.1 Å². The summed E-state index contributed by atoms with van der Waals surface area (Å²) in [6.45, 7) is 2.02. The number of anilines is 2. The van der Waals surface area contributed by atoms with E-state index >= 15 is 0 Å².